The van der Waals surface area contributed by atoms with Gasteiger partial charge in [0.1, 0.15) is 0 Å². The van der Waals surface area contributed by atoms with Crippen LogP contribution in [0.5, 0.6) is 0 Å². The fraction of sp³-hybridized carbons (Fsp3) is 0.733. The van der Waals surface area contributed by atoms with Gasteiger partial charge in [-0.25, -0.2) is 0 Å². The molecule has 0 radical (unpaired) electrons. The zero-order valence-corrected chi connectivity index (χ0v) is 12.1. The highest BCUT2D eigenvalue weighted by atomic mass is 32.1. The summed E-state index contributed by atoms with van der Waals surface area (Å²) in [7, 11) is 0. The van der Waals surface area contributed by atoms with E-state index in [9.17, 15) is 0 Å². The Hall–Kier alpha value is -0.340. The highest BCUT2D eigenvalue weighted by molar-refractivity contribution is 7.10. The first kappa shape index (κ1) is 13.1. The van der Waals surface area contributed by atoms with Crippen molar-refractivity contribution in [3.63, 3.8) is 0 Å². The average molecular weight is 251 g/mol. The predicted molar refractivity (Wildman–Crippen MR) is 76.5 cm³/mol. The lowest BCUT2D eigenvalue weighted by Gasteiger charge is -2.31. The van der Waals surface area contributed by atoms with Crippen LogP contribution in [0.15, 0.2) is 17.5 Å². The summed E-state index contributed by atoms with van der Waals surface area (Å²) in [5.74, 6) is 0. The predicted octanol–water partition coefficient (Wildman–Crippen LogP) is 4.76. The van der Waals surface area contributed by atoms with Crippen molar-refractivity contribution in [3.05, 3.63) is 22.4 Å². The molecule has 1 aliphatic carbocycles. The molecule has 2 heteroatoms. The Labute approximate surface area is 110 Å². The van der Waals surface area contributed by atoms with E-state index in [1.807, 2.05) is 11.3 Å². The molecular formula is C15H25NS. The van der Waals surface area contributed by atoms with Crippen LogP contribution in [-0.2, 0) is 0 Å². The molecule has 2 rings (SSSR count). The molecule has 2 unspecified atom stereocenters. The van der Waals surface area contributed by atoms with Crippen molar-refractivity contribution >= 4 is 11.3 Å². The summed E-state index contributed by atoms with van der Waals surface area (Å²) >= 11 is 1.89. The lowest BCUT2D eigenvalue weighted by Crippen LogP contribution is -2.39. The van der Waals surface area contributed by atoms with E-state index in [-0.39, 0.29) is 0 Å². The van der Waals surface area contributed by atoms with Crippen molar-refractivity contribution in [2.24, 2.45) is 5.41 Å². The van der Waals surface area contributed by atoms with E-state index in [2.05, 4.69) is 43.6 Å². The molecule has 0 aliphatic heterocycles. The number of nitrogens with one attached hydrogen (secondary N) is 1. The Morgan fingerprint density at radius 3 is 2.88 bits per heavy atom. The van der Waals surface area contributed by atoms with Crippen molar-refractivity contribution < 1.29 is 0 Å². The van der Waals surface area contributed by atoms with Gasteiger partial charge in [-0.1, -0.05) is 39.7 Å². The van der Waals surface area contributed by atoms with E-state index in [1.54, 1.807) is 0 Å². The summed E-state index contributed by atoms with van der Waals surface area (Å²) < 4.78 is 0. The van der Waals surface area contributed by atoms with Crippen molar-refractivity contribution in [1.29, 1.82) is 0 Å². The molecule has 1 fully saturated rings. The third-order valence-electron chi connectivity index (χ3n) is 4.12. The quantitative estimate of drug-likeness (QED) is 0.795. The lowest BCUT2D eigenvalue weighted by atomic mass is 9.86. The van der Waals surface area contributed by atoms with Gasteiger partial charge in [0, 0.05) is 17.0 Å². The topological polar surface area (TPSA) is 12.0 Å². The minimum atomic E-state index is 0.475. The first-order valence-electron chi connectivity index (χ1n) is 6.93. The Balaban J connectivity index is 2.03. The largest absolute Gasteiger partial charge is 0.306 e. The van der Waals surface area contributed by atoms with Gasteiger partial charge in [0.05, 0.1) is 0 Å². The van der Waals surface area contributed by atoms with Crippen molar-refractivity contribution in [2.45, 2.75) is 65.0 Å². The van der Waals surface area contributed by atoms with E-state index in [1.165, 1.54) is 37.0 Å². The smallest absolute Gasteiger partial charge is 0.0416 e. The molecular weight excluding hydrogens is 226 g/mol. The summed E-state index contributed by atoms with van der Waals surface area (Å²) in [6.07, 6.45) is 6.61. The maximum absolute atomic E-state index is 3.92. The zero-order chi connectivity index (χ0) is 12.3. The van der Waals surface area contributed by atoms with E-state index >= 15 is 0 Å². The molecule has 0 saturated heterocycles. The Kier molecular flexibility index (Phi) is 4.26. The van der Waals surface area contributed by atoms with Crippen LogP contribution in [-0.4, -0.2) is 6.04 Å². The van der Waals surface area contributed by atoms with Gasteiger partial charge in [-0.05, 0) is 36.1 Å². The van der Waals surface area contributed by atoms with Crippen LogP contribution < -0.4 is 5.32 Å². The number of hydrogen-bond acceptors (Lipinski definition) is 2. The third kappa shape index (κ3) is 3.11. The fourth-order valence-corrected chi connectivity index (χ4v) is 3.79. The van der Waals surface area contributed by atoms with Crippen LogP contribution in [0.25, 0.3) is 0 Å². The SMILES string of the molecule is CCCC(NC1CCCC1(C)C)c1cccs1. The average Bonchev–Trinajstić information content (AvgIpc) is 2.88. The second-order valence-electron chi connectivity index (χ2n) is 5.96. The van der Waals surface area contributed by atoms with E-state index in [0.717, 1.165) is 0 Å². The standard InChI is InChI=1S/C15H25NS/c1-4-7-12(13-8-6-11-17-13)16-14-9-5-10-15(14,2)3/h6,8,11-12,14,16H,4-5,7,9-10H2,1-3H3. The minimum Gasteiger partial charge on any atom is -0.306 e. The van der Waals surface area contributed by atoms with Crippen LogP contribution >= 0.6 is 11.3 Å². The summed E-state index contributed by atoms with van der Waals surface area (Å²) in [6, 6.07) is 5.72. The molecule has 96 valence electrons. The highest BCUT2D eigenvalue weighted by Gasteiger charge is 2.35. The highest BCUT2D eigenvalue weighted by Crippen LogP contribution is 2.39. The molecule has 17 heavy (non-hydrogen) atoms. The molecule has 1 nitrogen and oxygen atoms in total. The zero-order valence-electron chi connectivity index (χ0n) is 11.3. The maximum Gasteiger partial charge on any atom is 0.0416 e. The van der Waals surface area contributed by atoms with Crippen LogP contribution in [0.2, 0.25) is 0 Å². The molecule has 0 bridgehead atoms. The van der Waals surface area contributed by atoms with Gasteiger partial charge in [0.2, 0.25) is 0 Å². The third-order valence-corrected chi connectivity index (χ3v) is 5.11. The van der Waals surface area contributed by atoms with Crippen LogP contribution in [0.3, 0.4) is 0 Å². The molecule has 1 aromatic rings. The van der Waals surface area contributed by atoms with Crippen molar-refractivity contribution in [2.75, 3.05) is 0 Å². The van der Waals surface area contributed by atoms with Crippen molar-refractivity contribution in [3.8, 4) is 0 Å². The van der Waals surface area contributed by atoms with Crippen LogP contribution in [0.1, 0.15) is 63.8 Å². The first-order chi connectivity index (χ1) is 8.13. The van der Waals surface area contributed by atoms with Gasteiger partial charge in [0.15, 0.2) is 0 Å². The molecule has 1 aliphatic rings. The number of thiophene rings is 1. The second kappa shape index (κ2) is 5.53. The summed E-state index contributed by atoms with van der Waals surface area (Å²) in [4.78, 5) is 1.51. The normalized spacial score (nSPS) is 25.0. The Morgan fingerprint density at radius 1 is 1.53 bits per heavy atom. The Bertz CT molecular complexity index is 329. The maximum atomic E-state index is 3.92. The molecule has 2 atom stereocenters. The van der Waals surface area contributed by atoms with E-state index in [4.69, 9.17) is 0 Å². The van der Waals surface area contributed by atoms with Gasteiger partial charge in [-0.15, -0.1) is 11.3 Å². The van der Waals surface area contributed by atoms with Crippen LogP contribution in [0.4, 0.5) is 0 Å². The minimum absolute atomic E-state index is 0.475. The van der Waals surface area contributed by atoms with E-state index in [0.29, 0.717) is 17.5 Å². The van der Waals surface area contributed by atoms with Gasteiger partial charge in [0.25, 0.3) is 0 Å². The van der Waals surface area contributed by atoms with Crippen molar-refractivity contribution in [1.82, 2.24) is 5.32 Å². The van der Waals surface area contributed by atoms with Crippen LogP contribution in [0, 0.1) is 5.41 Å². The monoisotopic (exact) mass is 251 g/mol. The molecule has 1 heterocycles. The molecule has 0 amide bonds. The summed E-state index contributed by atoms with van der Waals surface area (Å²) in [5.41, 5.74) is 0.475. The number of rotatable bonds is 5. The molecule has 0 aromatic carbocycles. The molecule has 1 N–H and O–H groups in total. The molecule has 1 aromatic heterocycles. The number of hydrogen-bond donors (Lipinski definition) is 1. The molecule has 0 spiro atoms. The lowest BCUT2D eigenvalue weighted by molar-refractivity contribution is 0.258. The summed E-state index contributed by atoms with van der Waals surface area (Å²) in [6.45, 7) is 7.10. The van der Waals surface area contributed by atoms with Gasteiger partial charge in [-0.2, -0.15) is 0 Å². The molecule has 1 saturated carbocycles. The van der Waals surface area contributed by atoms with Gasteiger partial charge >= 0.3 is 0 Å². The summed E-state index contributed by atoms with van der Waals surface area (Å²) in [5, 5.41) is 6.11. The van der Waals surface area contributed by atoms with Gasteiger partial charge in [-0.3, -0.25) is 0 Å². The second-order valence-corrected chi connectivity index (χ2v) is 6.94. The fourth-order valence-electron chi connectivity index (χ4n) is 2.96. The van der Waals surface area contributed by atoms with E-state index < -0.39 is 0 Å². The first-order valence-corrected chi connectivity index (χ1v) is 7.81. The van der Waals surface area contributed by atoms with Gasteiger partial charge < -0.3 is 5.32 Å². The Morgan fingerprint density at radius 2 is 2.35 bits per heavy atom.